The molecule has 27 heavy (non-hydrogen) atoms. The normalized spacial score (nSPS) is 15.9. The first-order chi connectivity index (χ1) is 13.1. The predicted molar refractivity (Wildman–Crippen MR) is 99.4 cm³/mol. The molecule has 0 radical (unpaired) electrons. The summed E-state index contributed by atoms with van der Waals surface area (Å²) >= 11 is 0. The van der Waals surface area contributed by atoms with Crippen molar-refractivity contribution < 1.29 is 14.0 Å². The number of nitrogens with zero attached hydrogens (tertiary/aromatic N) is 3. The van der Waals surface area contributed by atoms with Crippen molar-refractivity contribution in [3.05, 3.63) is 77.7 Å². The molecule has 0 spiro atoms. The van der Waals surface area contributed by atoms with Gasteiger partial charge in [-0.25, -0.2) is 9.07 Å². The van der Waals surface area contributed by atoms with Crippen LogP contribution in [0.5, 0.6) is 0 Å². The summed E-state index contributed by atoms with van der Waals surface area (Å²) in [5.41, 5.74) is 2.55. The summed E-state index contributed by atoms with van der Waals surface area (Å²) in [6, 6.07) is 17.5. The highest BCUT2D eigenvalue weighted by Gasteiger charge is 2.29. The van der Waals surface area contributed by atoms with Gasteiger partial charge in [-0.2, -0.15) is 5.10 Å². The smallest absolute Gasteiger partial charge is 0.269 e. The number of nitrogens with one attached hydrogen (secondary N) is 1. The maximum absolute atomic E-state index is 14.1. The molecule has 1 atom stereocenters. The molecule has 1 aliphatic rings. The third kappa shape index (κ3) is 3.44. The Morgan fingerprint density at radius 1 is 1.19 bits per heavy atom. The summed E-state index contributed by atoms with van der Waals surface area (Å²) in [5.74, 6) is -0.413. The standard InChI is InChI=1S/C20H17FN4O2/c1-13-11-19(25(23-13)17-10-6-5-9-15(17)21)22-20(26)18-12-16(24-27-18)14-7-3-2-4-8-14/h2-11,18H,12H2,1H3,(H,22,26). The zero-order valence-corrected chi connectivity index (χ0v) is 14.6. The minimum atomic E-state index is -0.746. The number of para-hydroxylation sites is 1. The van der Waals surface area contributed by atoms with Crippen LogP contribution in [0.3, 0.4) is 0 Å². The first-order valence-electron chi connectivity index (χ1n) is 8.52. The third-order valence-corrected chi connectivity index (χ3v) is 4.23. The summed E-state index contributed by atoms with van der Waals surface area (Å²) < 4.78 is 15.5. The molecule has 1 aliphatic heterocycles. The fourth-order valence-electron chi connectivity index (χ4n) is 2.92. The second-order valence-corrected chi connectivity index (χ2v) is 6.23. The molecule has 2 heterocycles. The van der Waals surface area contributed by atoms with Crippen molar-refractivity contribution in [1.29, 1.82) is 0 Å². The second kappa shape index (κ2) is 7.03. The number of amides is 1. The van der Waals surface area contributed by atoms with Crippen molar-refractivity contribution in [3.63, 3.8) is 0 Å². The molecular weight excluding hydrogens is 347 g/mol. The molecule has 0 bridgehead atoms. The van der Waals surface area contributed by atoms with Crippen LogP contribution in [0.4, 0.5) is 10.2 Å². The summed E-state index contributed by atoms with van der Waals surface area (Å²) in [7, 11) is 0. The minimum Gasteiger partial charge on any atom is -0.382 e. The highest BCUT2D eigenvalue weighted by Crippen LogP contribution is 2.22. The molecule has 4 rings (SSSR count). The topological polar surface area (TPSA) is 68.5 Å². The Balaban J connectivity index is 1.51. The number of hydrogen-bond donors (Lipinski definition) is 1. The van der Waals surface area contributed by atoms with Gasteiger partial charge in [0.2, 0.25) is 6.10 Å². The Morgan fingerprint density at radius 3 is 2.70 bits per heavy atom. The molecule has 1 amide bonds. The van der Waals surface area contributed by atoms with E-state index in [-0.39, 0.29) is 11.6 Å². The average Bonchev–Trinajstić information content (AvgIpc) is 3.30. The lowest BCUT2D eigenvalue weighted by Gasteiger charge is -2.12. The second-order valence-electron chi connectivity index (χ2n) is 6.23. The molecule has 3 aromatic rings. The average molecular weight is 364 g/mol. The lowest BCUT2D eigenvalue weighted by atomic mass is 10.0. The number of hydrogen-bond acceptors (Lipinski definition) is 4. The van der Waals surface area contributed by atoms with Crippen molar-refractivity contribution in [2.45, 2.75) is 19.4 Å². The van der Waals surface area contributed by atoms with Gasteiger partial charge in [0.25, 0.3) is 5.91 Å². The van der Waals surface area contributed by atoms with Gasteiger partial charge < -0.3 is 10.2 Å². The number of carbonyl (C=O) groups excluding carboxylic acids is 1. The van der Waals surface area contributed by atoms with E-state index >= 15 is 0 Å². The first kappa shape index (κ1) is 17.0. The highest BCUT2D eigenvalue weighted by molar-refractivity contribution is 6.06. The highest BCUT2D eigenvalue weighted by atomic mass is 19.1. The SMILES string of the molecule is Cc1cc(NC(=O)C2CC(c3ccccc3)=NO2)n(-c2ccccc2F)n1. The number of benzene rings is 2. The fraction of sp³-hybridized carbons (Fsp3) is 0.150. The Hall–Kier alpha value is -3.48. The van der Waals surface area contributed by atoms with E-state index in [2.05, 4.69) is 15.6 Å². The van der Waals surface area contributed by atoms with Gasteiger partial charge in [0.05, 0.1) is 11.4 Å². The number of aryl methyl sites for hydroxylation is 1. The number of aromatic nitrogens is 2. The number of carbonyl (C=O) groups is 1. The van der Waals surface area contributed by atoms with Gasteiger partial charge in [0.15, 0.2) is 0 Å². The summed E-state index contributed by atoms with van der Waals surface area (Å²) in [4.78, 5) is 17.9. The van der Waals surface area contributed by atoms with E-state index in [9.17, 15) is 9.18 Å². The van der Waals surface area contributed by atoms with E-state index in [0.717, 1.165) is 11.3 Å². The molecule has 7 heteroatoms. The summed E-state index contributed by atoms with van der Waals surface area (Å²) in [6.07, 6.45) is -0.382. The van der Waals surface area contributed by atoms with E-state index in [4.69, 9.17) is 4.84 Å². The van der Waals surface area contributed by atoms with Crippen molar-refractivity contribution >= 4 is 17.4 Å². The van der Waals surface area contributed by atoms with E-state index in [1.807, 2.05) is 30.3 Å². The lowest BCUT2D eigenvalue weighted by molar-refractivity contribution is -0.125. The molecule has 1 unspecified atom stereocenters. The largest absolute Gasteiger partial charge is 0.382 e. The fourth-order valence-corrected chi connectivity index (χ4v) is 2.92. The van der Waals surface area contributed by atoms with Crippen molar-refractivity contribution in [1.82, 2.24) is 9.78 Å². The van der Waals surface area contributed by atoms with Crippen LogP contribution in [0.15, 0.2) is 65.8 Å². The number of anilines is 1. The van der Waals surface area contributed by atoms with Crippen LogP contribution >= 0.6 is 0 Å². The van der Waals surface area contributed by atoms with Gasteiger partial charge in [0.1, 0.15) is 17.3 Å². The van der Waals surface area contributed by atoms with Crippen LogP contribution in [0.1, 0.15) is 17.7 Å². The summed E-state index contributed by atoms with van der Waals surface area (Å²) in [5, 5.41) is 11.1. The molecule has 0 aliphatic carbocycles. The molecule has 0 saturated heterocycles. The molecule has 6 nitrogen and oxygen atoms in total. The van der Waals surface area contributed by atoms with Gasteiger partial charge in [-0.3, -0.25) is 4.79 Å². The molecule has 136 valence electrons. The number of rotatable bonds is 4. The van der Waals surface area contributed by atoms with Gasteiger partial charge in [0, 0.05) is 12.5 Å². The maximum Gasteiger partial charge on any atom is 0.269 e. The van der Waals surface area contributed by atoms with Crippen LogP contribution in [-0.4, -0.2) is 27.5 Å². The van der Waals surface area contributed by atoms with Gasteiger partial charge in [-0.05, 0) is 24.6 Å². The molecule has 0 saturated carbocycles. The Labute approximate surface area is 155 Å². The van der Waals surface area contributed by atoms with E-state index in [0.29, 0.717) is 17.9 Å². The zero-order chi connectivity index (χ0) is 18.8. The summed E-state index contributed by atoms with van der Waals surface area (Å²) in [6.45, 7) is 1.77. The van der Waals surface area contributed by atoms with E-state index in [1.54, 1.807) is 31.2 Å². The Bertz CT molecular complexity index is 1010. The molecular formula is C20H17FN4O2. The zero-order valence-electron chi connectivity index (χ0n) is 14.6. The molecule has 0 fully saturated rings. The lowest BCUT2D eigenvalue weighted by Crippen LogP contribution is -2.29. The Morgan fingerprint density at radius 2 is 1.93 bits per heavy atom. The number of oxime groups is 1. The Kier molecular flexibility index (Phi) is 4.42. The van der Waals surface area contributed by atoms with Crippen LogP contribution in [-0.2, 0) is 9.63 Å². The van der Waals surface area contributed by atoms with Gasteiger partial charge in [-0.1, -0.05) is 47.6 Å². The van der Waals surface area contributed by atoms with Crippen molar-refractivity contribution in [3.8, 4) is 5.69 Å². The molecule has 1 aromatic heterocycles. The third-order valence-electron chi connectivity index (χ3n) is 4.23. The predicted octanol–water partition coefficient (Wildman–Crippen LogP) is 3.45. The monoisotopic (exact) mass is 364 g/mol. The van der Waals surface area contributed by atoms with Crippen LogP contribution in [0.2, 0.25) is 0 Å². The molecule has 1 N–H and O–H groups in total. The van der Waals surface area contributed by atoms with Gasteiger partial charge in [-0.15, -0.1) is 0 Å². The van der Waals surface area contributed by atoms with Crippen LogP contribution in [0, 0.1) is 12.7 Å². The maximum atomic E-state index is 14.1. The van der Waals surface area contributed by atoms with Gasteiger partial charge >= 0.3 is 0 Å². The van der Waals surface area contributed by atoms with E-state index in [1.165, 1.54) is 10.7 Å². The van der Waals surface area contributed by atoms with Crippen LogP contribution < -0.4 is 5.32 Å². The van der Waals surface area contributed by atoms with Crippen molar-refractivity contribution in [2.24, 2.45) is 5.16 Å². The van der Waals surface area contributed by atoms with E-state index < -0.39 is 11.9 Å². The molecule has 2 aromatic carbocycles. The van der Waals surface area contributed by atoms with Crippen LogP contribution in [0.25, 0.3) is 5.69 Å². The minimum absolute atomic E-state index is 0.259. The quantitative estimate of drug-likeness (QED) is 0.771. The number of halogens is 1. The first-order valence-corrected chi connectivity index (χ1v) is 8.52. The van der Waals surface area contributed by atoms with Crippen molar-refractivity contribution in [2.75, 3.05) is 5.32 Å².